The number of benzene rings is 1. The molecule has 7 bridgehead atoms. The molecular formula is C32H45NO10. The van der Waals surface area contributed by atoms with Gasteiger partial charge in [0, 0.05) is 83.1 Å². The van der Waals surface area contributed by atoms with Crippen LogP contribution in [0.4, 0.5) is 0 Å². The number of fused-ring (bicyclic) bond motifs is 2. The SMILES string of the molecule is COC[C@]12CN(C)[C@@H]3[C@@H]4[C@H](OC)[C@H]1[C@@]3([C@@H](OC)CC2O)[C@@H]1C[C@]2(O)[C@H](OC(=O)c3ccccc3)[C@@H]1[C@]4(OC)[C@@H](O)[C@@H]2OC. The van der Waals surface area contributed by atoms with Gasteiger partial charge in [0.15, 0.2) is 0 Å². The highest BCUT2D eigenvalue weighted by molar-refractivity contribution is 5.89. The number of carbonyl (C=O) groups excluding carboxylic acids is 1. The number of piperidine rings is 1. The van der Waals surface area contributed by atoms with E-state index >= 15 is 0 Å². The van der Waals surface area contributed by atoms with E-state index in [1.165, 1.54) is 7.11 Å². The maximum absolute atomic E-state index is 13.6. The van der Waals surface area contributed by atoms with E-state index in [2.05, 4.69) is 4.90 Å². The van der Waals surface area contributed by atoms with E-state index < -0.39 is 76.5 Å². The van der Waals surface area contributed by atoms with E-state index in [0.717, 1.165) is 0 Å². The van der Waals surface area contributed by atoms with Crippen LogP contribution in [-0.4, -0.2) is 136 Å². The molecule has 5 aliphatic carbocycles. The van der Waals surface area contributed by atoms with Gasteiger partial charge < -0.3 is 48.6 Å². The molecule has 3 N–H and O–H groups in total. The molecule has 7 rings (SSSR count). The van der Waals surface area contributed by atoms with E-state index in [9.17, 15) is 20.1 Å². The Bertz CT molecular complexity index is 1250. The van der Waals surface area contributed by atoms with Crippen LogP contribution in [0.15, 0.2) is 30.3 Å². The van der Waals surface area contributed by atoms with E-state index in [4.69, 9.17) is 28.4 Å². The van der Waals surface area contributed by atoms with Gasteiger partial charge in [0.1, 0.15) is 29.5 Å². The minimum Gasteiger partial charge on any atom is -0.455 e. The Hall–Kier alpha value is -1.67. The fraction of sp³-hybridized carbons (Fsp3) is 0.781. The Balaban J connectivity index is 1.49. The van der Waals surface area contributed by atoms with Crippen LogP contribution in [0.1, 0.15) is 23.2 Å². The lowest BCUT2D eigenvalue weighted by Crippen LogP contribution is -2.81. The van der Waals surface area contributed by atoms with Gasteiger partial charge in [-0.15, -0.1) is 0 Å². The fourth-order valence-electron chi connectivity index (χ4n) is 12.1. The molecule has 5 saturated carbocycles. The number of hydrogen-bond acceptors (Lipinski definition) is 11. The lowest BCUT2D eigenvalue weighted by atomic mass is 9.42. The molecule has 238 valence electrons. The molecule has 11 heteroatoms. The number of aliphatic hydroxyl groups excluding tert-OH is 2. The lowest BCUT2D eigenvalue weighted by molar-refractivity contribution is -0.324. The number of methoxy groups -OCH3 is 5. The van der Waals surface area contributed by atoms with Crippen LogP contribution in [0.3, 0.4) is 0 Å². The number of aliphatic hydroxyl groups is 3. The van der Waals surface area contributed by atoms with Gasteiger partial charge in [-0.2, -0.15) is 0 Å². The first-order chi connectivity index (χ1) is 20.6. The van der Waals surface area contributed by atoms with Crippen molar-refractivity contribution in [3.63, 3.8) is 0 Å². The zero-order valence-electron chi connectivity index (χ0n) is 25.7. The summed E-state index contributed by atoms with van der Waals surface area (Å²) in [4.78, 5) is 15.9. The summed E-state index contributed by atoms with van der Waals surface area (Å²) in [7, 11) is 10.1. The van der Waals surface area contributed by atoms with Crippen LogP contribution < -0.4 is 0 Å². The highest BCUT2D eigenvalue weighted by Gasteiger charge is 2.91. The minimum atomic E-state index is -1.71. The van der Waals surface area contributed by atoms with Gasteiger partial charge in [-0.3, -0.25) is 0 Å². The third-order valence-corrected chi connectivity index (χ3v) is 12.9. The van der Waals surface area contributed by atoms with Crippen molar-refractivity contribution in [1.82, 2.24) is 4.90 Å². The Morgan fingerprint density at radius 1 is 1.00 bits per heavy atom. The number of rotatable bonds is 8. The maximum Gasteiger partial charge on any atom is 0.338 e. The summed E-state index contributed by atoms with van der Waals surface area (Å²) in [5.41, 5.74) is -4.01. The van der Waals surface area contributed by atoms with Crippen LogP contribution in [-0.2, 0) is 28.4 Å². The zero-order chi connectivity index (χ0) is 30.7. The van der Waals surface area contributed by atoms with Crippen LogP contribution >= 0.6 is 0 Å². The molecule has 15 atom stereocenters. The van der Waals surface area contributed by atoms with Crippen LogP contribution in [0.2, 0.25) is 0 Å². The van der Waals surface area contributed by atoms with Gasteiger partial charge in [-0.05, 0) is 31.5 Å². The molecule has 0 aromatic heterocycles. The summed E-state index contributed by atoms with van der Waals surface area (Å²) in [6, 6.07) is 8.51. The van der Waals surface area contributed by atoms with Gasteiger partial charge in [0.25, 0.3) is 0 Å². The predicted octanol–water partition coefficient (Wildman–Crippen LogP) is 0.341. The Labute approximate surface area is 252 Å². The zero-order valence-corrected chi connectivity index (χ0v) is 25.7. The first-order valence-electron chi connectivity index (χ1n) is 15.3. The summed E-state index contributed by atoms with van der Waals surface area (Å²) < 4.78 is 37.4. The van der Waals surface area contributed by atoms with E-state index in [1.54, 1.807) is 52.7 Å². The quantitative estimate of drug-likeness (QED) is 0.355. The Morgan fingerprint density at radius 3 is 2.33 bits per heavy atom. The molecule has 1 aromatic rings. The van der Waals surface area contributed by atoms with Crippen molar-refractivity contribution in [3.8, 4) is 0 Å². The van der Waals surface area contributed by atoms with Gasteiger partial charge in [0.05, 0.1) is 30.5 Å². The molecule has 1 spiro atoms. The van der Waals surface area contributed by atoms with Crippen molar-refractivity contribution >= 4 is 5.97 Å². The van der Waals surface area contributed by atoms with Crippen LogP contribution in [0.5, 0.6) is 0 Å². The molecule has 0 amide bonds. The lowest BCUT2D eigenvalue weighted by Gasteiger charge is -2.70. The van der Waals surface area contributed by atoms with Crippen LogP contribution in [0, 0.1) is 34.5 Å². The van der Waals surface area contributed by atoms with Gasteiger partial charge >= 0.3 is 5.97 Å². The Kier molecular flexibility index (Phi) is 6.92. The average Bonchev–Trinajstić information content (AvgIpc) is 3.38. The molecule has 1 unspecified atom stereocenters. The largest absolute Gasteiger partial charge is 0.455 e. The first-order valence-corrected chi connectivity index (χ1v) is 15.3. The van der Waals surface area contributed by atoms with Gasteiger partial charge in [-0.25, -0.2) is 4.79 Å². The molecule has 1 aliphatic heterocycles. The monoisotopic (exact) mass is 603 g/mol. The average molecular weight is 604 g/mol. The number of hydrogen-bond donors (Lipinski definition) is 3. The third-order valence-electron chi connectivity index (χ3n) is 12.9. The summed E-state index contributed by atoms with van der Waals surface area (Å²) in [5, 5.41) is 36.9. The second kappa shape index (κ2) is 9.91. The van der Waals surface area contributed by atoms with E-state index in [-0.39, 0.29) is 24.3 Å². The number of nitrogens with zero attached hydrogens (tertiary/aromatic N) is 1. The highest BCUT2D eigenvalue weighted by Crippen LogP contribution is 2.80. The molecule has 6 fully saturated rings. The maximum atomic E-state index is 13.6. The van der Waals surface area contributed by atoms with E-state index in [0.29, 0.717) is 25.1 Å². The predicted molar refractivity (Wildman–Crippen MR) is 151 cm³/mol. The summed E-state index contributed by atoms with van der Waals surface area (Å²) >= 11 is 0. The summed E-state index contributed by atoms with van der Waals surface area (Å²) in [6.45, 7) is 0.863. The Morgan fingerprint density at radius 2 is 1.72 bits per heavy atom. The fourth-order valence-corrected chi connectivity index (χ4v) is 12.1. The van der Waals surface area contributed by atoms with Crippen molar-refractivity contribution in [1.29, 1.82) is 0 Å². The normalized spacial score (nSPS) is 52.7. The third kappa shape index (κ3) is 3.24. The molecule has 1 aromatic carbocycles. The van der Waals surface area contributed by atoms with Gasteiger partial charge in [0.2, 0.25) is 0 Å². The molecule has 43 heavy (non-hydrogen) atoms. The van der Waals surface area contributed by atoms with Crippen LogP contribution in [0.25, 0.3) is 0 Å². The van der Waals surface area contributed by atoms with E-state index in [1.807, 2.05) is 13.1 Å². The molecule has 6 aliphatic rings. The van der Waals surface area contributed by atoms with Crippen molar-refractivity contribution in [2.45, 2.75) is 66.7 Å². The topological polar surface area (TPSA) is 136 Å². The first kappa shape index (κ1) is 30.0. The number of ether oxygens (including phenoxy) is 6. The standard InChI is InChI=1S/C32H45NO10/c1-33-14-29(15-38-2)18(34)12-19(39-3)31-17-13-30(37)26(43-28(36)16-10-8-7-9-11-16)20(17)32(42-6,25(35)27(30)41-5)21(24(31)33)22(40-4)23(29)31/h7-11,17-27,34-35,37H,12-15H2,1-6H3/t17-,18?,19+,20-,21+,22+,23-,24-,25+,26-,27+,29+,30+,31+,32-/m1/s1. The number of carbonyl (C=O) groups is 1. The molecular weight excluding hydrogens is 558 g/mol. The molecule has 1 heterocycles. The number of likely N-dealkylation sites (tertiary alicyclic amines) is 1. The second-order valence-corrected chi connectivity index (χ2v) is 13.9. The summed E-state index contributed by atoms with van der Waals surface area (Å²) in [6.07, 6.45) is -4.43. The summed E-state index contributed by atoms with van der Waals surface area (Å²) in [5.74, 6) is -2.21. The van der Waals surface area contributed by atoms with Gasteiger partial charge in [-0.1, -0.05) is 18.2 Å². The van der Waals surface area contributed by atoms with Crippen molar-refractivity contribution in [3.05, 3.63) is 35.9 Å². The minimum absolute atomic E-state index is 0.189. The molecule has 11 nitrogen and oxygen atoms in total. The van der Waals surface area contributed by atoms with Crippen molar-refractivity contribution in [2.24, 2.45) is 34.5 Å². The highest BCUT2D eigenvalue weighted by atomic mass is 16.6. The van der Waals surface area contributed by atoms with Crippen molar-refractivity contribution < 1.29 is 48.5 Å². The smallest absolute Gasteiger partial charge is 0.338 e. The van der Waals surface area contributed by atoms with Crippen molar-refractivity contribution in [2.75, 3.05) is 55.7 Å². The number of esters is 1. The second-order valence-electron chi connectivity index (χ2n) is 13.9. The molecule has 0 radical (unpaired) electrons. The molecule has 1 saturated heterocycles.